The molecule has 0 atom stereocenters. The van der Waals surface area contributed by atoms with Crippen LogP contribution in [-0.2, 0) is 19.5 Å². The standard InChI is InChI=1S/C19H40N4O4S/c20-6-3-1-2-4-19-28(24,25)23(10-9-22-13-17-27-18-14-22)8-5-7-21-11-15-26-16-12-21/h1-20H2. The van der Waals surface area contributed by atoms with E-state index in [-0.39, 0.29) is 5.75 Å². The highest BCUT2D eigenvalue weighted by atomic mass is 32.2. The number of nitrogens with zero attached hydrogens (tertiary/aromatic N) is 3. The minimum absolute atomic E-state index is 0.248. The van der Waals surface area contributed by atoms with Crippen molar-refractivity contribution in [3.63, 3.8) is 0 Å². The Labute approximate surface area is 171 Å². The first-order valence-electron chi connectivity index (χ1n) is 10.9. The van der Waals surface area contributed by atoms with Gasteiger partial charge in [-0.05, 0) is 32.4 Å². The Kier molecular flexibility index (Phi) is 11.9. The molecule has 0 bridgehead atoms. The van der Waals surface area contributed by atoms with E-state index in [0.717, 1.165) is 97.8 Å². The van der Waals surface area contributed by atoms with Gasteiger partial charge in [-0.3, -0.25) is 9.80 Å². The number of ether oxygens (including phenoxy) is 2. The lowest BCUT2D eigenvalue weighted by Crippen LogP contribution is -2.44. The summed E-state index contributed by atoms with van der Waals surface area (Å²) in [6, 6.07) is 0. The second-order valence-electron chi connectivity index (χ2n) is 7.68. The van der Waals surface area contributed by atoms with Crippen molar-refractivity contribution in [3.8, 4) is 0 Å². The molecule has 2 rings (SSSR count). The fourth-order valence-electron chi connectivity index (χ4n) is 3.67. The van der Waals surface area contributed by atoms with Crippen LogP contribution in [-0.4, -0.2) is 114 Å². The maximum absolute atomic E-state index is 12.9. The third-order valence-corrected chi connectivity index (χ3v) is 7.46. The Balaban J connectivity index is 1.80. The molecule has 0 saturated carbocycles. The van der Waals surface area contributed by atoms with Gasteiger partial charge in [0.25, 0.3) is 0 Å². The third-order valence-electron chi connectivity index (χ3n) is 5.50. The fraction of sp³-hybridized carbons (Fsp3) is 1.00. The Morgan fingerprint density at radius 2 is 1.32 bits per heavy atom. The number of nitrogens with two attached hydrogens (primary N) is 1. The van der Waals surface area contributed by atoms with Gasteiger partial charge in [-0.15, -0.1) is 0 Å². The molecule has 166 valence electrons. The number of rotatable bonds is 14. The minimum Gasteiger partial charge on any atom is -0.379 e. The Hall–Kier alpha value is -0.290. The first-order chi connectivity index (χ1) is 13.6. The van der Waals surface area contributed by atoms with Crippen LogP contribution in [0.5, 0.6) is 0 Å². The summed E-state index contributed by atoms with van der Waals surface area (Å²) < 4.78 is 38.4. The lowest BCUT2D eigenvalue weighted by Gasteiger charge is -2.31. The fourth-order valence-corrected chi connectivity index (χ4v) is 5.27. The van der Waals surface area contributed by atoms with E-state index in [4.69, 9.17) is 15.2 Å². The maximum atomic E-state index is 12.9. The average Bonchev–Trinajstić information content (AvgIpc) is 2.71. The van der Waals surface area contributed by atoms with Gasteiger partial charge in [-0.2, -0.15) is 0 Å². The van der Waals surface area contributed by atoms with Gasteiger partial charge in [-0.1, -0.05) is 12.8 Å². The van der Waals surface area contributed by atoms with Crippen LogP contribution in [0.3, 0.4) is 0 Å². The topological polar surface area (TPSA) is 88.3 Å². The van der Waals surface area contributed by atoms with Crippen LogP contribution in [0.4, 0.5) is 0 Å². The summed E-state index contributed by atoms with van der Waals surface area (Å²) in [7, 11) is -3.21. The van der Waals surface area contributed by atoms with Crippen LogP contribution in [0.2, 0.25) is 0 Å². The van der Waals surface area contributed by atoms with Crippen molar-refractivity contribution >= 4 is 10.0 Å². The SMILES string of the molecule is NCCCCCCS(=O)(=O)N(CCCN1CCOCC1)CCN1CCOCC1. The van der Waals surface area contributed by atoms with Crippen LogP contribution in [0.15, 0.2) is 0 Å². The van der Waals surface area contributed by atoms with E-state index >= 15 is 0 Å². The summed E-state index contributed by atoms with van der Waals surface area (Å²) in [5.41, 5.74) is 5.52. The summed E-state index contributed by atoms with van der Waals surface area (Å²) >= 11 is 0. The highest BCUT2D eigenvalue weighted by Gasteiger charge is 2.23. The molecule has 2 fully saturated rings. The molecule has 0 aromatic rings. The van der Waals surface area contributed by atoms with E-state index in [2.05, 4.69) is 9.80 Å². The second kappa shape index (κ2) is 13.8. The molecular weight excluding hydrogens is 380 g/mol. The van der Waals surface area contributed by atoms with E-state index in [1.165, 1.54) is 0 Å². The molecule has 0 aliphatic carbocycles. The largest absolute Gasteiger partial charge is 0.379 e. The number of hydrogen-bond acceptors (Lipinski definition) is 7. The zero-order valence-corrected chi connectivity index (χ0v) is 18.2. The maximum Gasteiger partial charge on any atom is 0.214 e. The normalized spacial score (nSPS) is 20.1. The van der Waals surface area contributed by atoms with Crippen molar-refractivity contribution in [3.05, 3.63) is 0 Å². The van der Waals surface area contributed by atoms with Crippen molar-refractivity contribution in [1.82, 2.24) is 14.1 Å². The molecule has 0 unspecified atom stereocenters. The van der Waals surface area contributed by atoms with Crippen LogP contribution >= 0.6 is 0 Å². The van der Waals surface area contributed by atoms with Crippen molar-refractivity contribution < 1.29 is 17.9 Å². The summed E-state index contributed by atoms with van der Waals surface area (Å²) in [5.74, 6) is 0.248. The van der Waals surface area contributed by atoms with Gasteiger partial charge in [0, 0.05) is 45.8 Å². The van der Waals surface area contributed by atoms with Gasteiger partial charge < -0.3 is 15.2 Å². The van der Waals surface area contributed by atoms with E-state index in [1.54, 1.807) is 4.31 Å². The molecule has 28 heavy (non-hydrogen) atoms. The molecule has 0 amide bonds. The zero-order valence-electron chi connectivity index (χ0n) is 17.4. The molecule has 8 nitrogen and oxygen atoms in total. The van der Waals surface area contributed by atoms with Crippen LogP contribution in [0.25, 0.3) is 0 Å². The van der Waals surface area contributed by atoms with Gasteiger partial charge in [-0.25, -0.2) is 12.7 Å². The number of hydrogen-bond donors (Lipinski definition) is 1. The minimum atomic E-state index is -3.21. The molecule has 0 aromatic heterocycles. The van der Waals surface area contributed by atoms with Crippen LogP contribution < -0.4 is 5.73 Å². The van der Waals surface area contributed by atoms with Crippen molar-refractivity contribution in [2.75, 3.05) is 91.1 Å². The molecule has 0 aromatic carbocycles. The van der Waals surface area contributed by atoms with Gasteiger partial charge in [0.05, 0.1) is 32.2 Å². The molecule has 2 aliphatic heterocycles. The highest BCUT2D eigenvalue weighted by Crippen LogP contribution is 2.10. The Morgan fingerprint density at radius 1 is 0.750 bits per heavy atom. The molecule has 2 aliphatic rings. The van der Waals surface area contributed by atoms with E-state index in [9.17, 15) is 8.42 Å². The first kappa shape index (κ1) is 24.0. The van der Waals surface area contributed by atoms with E-state index < -0.39 is 10.0 Å². The Morgan fingerprint density at radius 3 is 1.93 bits per heavy atom. The summed E-state index contributed by atoms with van der Waals surface area (Å²) in [4.78, 5) is 4.67. The summed E-state index contributed by atoms with van der Waals surface area (Å²) in [6.07, 6.45) is 4.51. The van der Waals surface area contributed by atoms with Gasteiger partial charge in [0.2, 0.25) is 10.0 Å². The van der Waals surface area contributed by atoms with Crippen molar-refractivity contribution in [2.24, 2.45) is 5.73 Å². The predicted octanol–water partition coefficient (Wildman–Crippen LogP) is 0.192. The van der Waals surface area contributed by atoms with Gasteiger partial charge in [0.15, 0.2) is 0 Å². The van der Waals surface area contributed by atoms with Gasteiger partial charge >= 0.3 is 0 Å². The first-order valence-corrected chi connectivity index (χ1v) is 12.5. The quantitative estimate of drug-likeness (QED) is 0.401. The molecular formula is C19H40N4O4S. The van der Waals surface area contributed by atoms with E-state index in [1.807, 2.05) is 0 Å². The summed E-state index contributed by atoms with van der Waals surface area (Å²) in [5, 5.41) is 0. The van der Waals surface area contributed by atoms with E-state index in [0.29, 0.717) is 19.6 Å². The van der Waals surface area contributed by atoms with Crippen molar-refractivity contribution in [2.45, 2.75) is 32.1 Å². The Bertz CT molecular complexity index is 494. The zero-order chi connectivity index (χ0) is 20.1. The summed E-state index contributed by atoms with van der Waals surface area (Å²) in [6.45, 7) is 10.3. The molecule has 0 spiro atoms. The van der Waals surface area contributed by atoms with Crippen LogP contribution in [0, 0.1) is 0 Å². The number of morpholine rings is 2. The molecule has 0 radical (unpaired) electrons. The highest BCUT2D eigenvalue weighted by molar-refractivity contribution is 7.89. The molecule has 2 saturated heterocycles. The number of sulfonamides is 1. The monoisotopic (exact) mass is 420 g/mol. The number of unbranched alkanes of at least 4 members (excludes halogenated alkanes) is 3. The lowest BCUT2D eigenvalue weighted by molar-refractivity contribution is 0.0339. The predicted molar refractivity (Wildman–Crippen MR) is 112 cm³/mol. The average molecular weight is 421 g/mol. The van der Waals surface area contributed by atoms with Gasteiger partial charge in [0.1, 0.15) is 0 Å². The smallest absolute Gasteiger partial charge is 0.214 e. The van der Waals surface area contributed by atoms with Crippen molar-refractivity contribution in [1.29, 1.82) is 0 Å². The molecule has 2 N–H and O–H groups in total. The molecule has 2 heterocycles. The molecule has 9 heteroatoms. The van der Waals surface area contributed by atoms with Crippen LogP contribution in [0.1, 0.15) is 32.1 Å². The third kappa shape index (κ3) is 9.47. The second-order valence-corrected chi connectivity index (χ2v) is 9.77. The lowest BCUT2D eigenvalue weighted by atomic mass is 10.2.